The number of aliphatic carboxylic acids is 1. The number of carboxylic acids is 1. The third-order valence-corrected chi connectivity index (χ3v) is 3.58. The fourth-order valence-electron chi connectivity index (χ4n) is 1.55. The van der Waals surface area contributed by atoms with Gasteiger partial charge in [-0.2, -0.15) is 0 Å². The number of thioether (sulfide) groups is 1. The van der Waals surface area contributed by atoms with Crippen LogP contribution < -0.4 is 5.32 Å². The van der Waals surface area contributed by atoms with Crippen molar-refractivity contribution < 1.29 is 19.8 Å². The summed E-state index contributed by atoms with van der Waals surface area (Å²) in [5.41, 5.74) is -1.47. The molecule has 1 aromatic heterocycles. The normalized spacial score (nSPS) is 14.0. The number of carboxylic acid groups (broad SMARTS) is 1. The molecule has 0 aliphatic rings. The van der Waals surface area contributed by atoms with Gasteiger partial charge in [-0.25, -0.2) is 0 Å². The van der Waals surface area contributed by atoms with Gasteiger partial charge in [0, 0.05) is 12.6 Å². The second-order valence-corrected chi connectivity index (χ2v) is 6.19. The number of hydrogen-bond acceptors (Lipinski definition) is 6. The highest BCUT2D eigenvalue weighted by Crippen LogP contribution is 2.18. The van der Waals surface area contributed by atoms with Crippen LogP contribution in [0.3, 0.4) is 0 Å². The number of carbonyl (C=O) groups excluding carboxylic acids is 1. The Morgan fingerprint density at radius 2 is 2.19 bits per heavy atom. The van der Waals surface area contributed by atoms with Gasteiger partial charge in [-0.3, -0.25) is 9.59 Å². The molecule has 21 heavy (non-hydrogen) atoms. The molecule has 1 atom stereocenters. The van der Waals surface area contributed by atoms with Gasteiger partial charge in [0.15, 0.2) is 5.16 Å². The minimum absolute atomic E-state index is 0.116. The highest BCUT2D eigenvalue weighted by molar-refractivity contribution is 7.99. The van der Waals surface area contributed by atoms with Gasteiger partial charge < -0.3 is 20.1 Å². The van der Waals surface area contributed by atoms with Crippen LogP contribution >= 0.6 is 11.8 Å². The third-order valence-electron chi connectivity index (χ3n) is 2.63. The lowest BCUT2D eigenvalue weighted by Crippen LogP contribution is -2.42. The van der Waals surface area contributed by atoms with Gasteiger partial charge in [-0.15, -0.1) is 10.2 Å². The van der Waals surface area contributed by atoms with Crippen LogP contribution in [0, 0.1) is 0 Å². The maximum absolute atomic E-state index is 11.7. The standard InChI is InChI=1S/C12H20N4O4S/c1-8(2)16-7-14-15-11(16)21-5-9(17)13-6-12(3,20)4-10(18)19/h7-8,20H,4-6H2,1-3H3,(H,13,17)(H,18,19). The van der Waals surface area contributed by atoms with E-state index in [2.05, 4.69) is 15.5 Å². The van der Waals surface area contributed by atoms with E-state index in [0.717, 1.165) is 0 Å². The van der Waals surface area contributed by atoms with Crippen molar-refractivity contribution in [1.82, 2.24) is 20.1 Å². The Morgan fingerprint density at radius 3 is 2.76 bits per heavy atom. The Bertz CT molecular complexity index is 501. The molecule has 8 nitrogen and oxygen atoms in total. The first-order valence-electron chi connectivity index (χ1n) is 6.44. The lowest BCUT2D eigenvalue weighted by molar-refractivity contribution is -0.142. The number of aromatic nitrogens is 3. The molecule has 3 N–H and O–H groups in total. The average molecular weight is 316 g/mol. The maximum Gasteiger partial charge on any atom is 0.306 e. The first kappa shape index (κ1) is 17.4. The molecule has 0 saturated heterocycles. The summed E-state index contributed by atoms with van der Waals surface area (Å²) in [6.45, 7) is 5.21. The van der Waals surface area contributed by atoms with Crippen LogP contribution in [0.5, 0.6) is 0 Å². The summed E-state index contributed by atoms with van der Waals surface area (Å²) in [6, 6.07) is 0.196. The fourth-order valence-corrected chi connectivity index (χ4v) is 2.42. The van der Waals surface area contributed by atoms with Crippen LogP contribution in [0.4, 0.5) is 0 Å². The van der Waals surface area contributed by atoms with E-state index in [0.29, 0.717) is 5.16 Å². The Balaban J connectivity index is 2.41. The van der Waals surface area contributed by atoms with E-state index in [9.17, 15) is 14.7 Å². The van der Waals surface area contributed by atoms with E-state index in [4.69, 9.17) is 5.11 Å². The molecule has 1 amide bonds. The second kappa shape index (κ2) is 7.41. The Labute approximate surface area is 126 Å². The molecule has 1 rings (SSSR count). The van der Waals surface area contributed by atoms with E-state index in [1.165, 1.54) is 18.7 Å². The molecule has 0 fully saturated rings. The largest absolute Gasteiger partial charge is 0.481 e. The topological polar surface area (TPSA) is 117 Å². The number of aliphatic hydroxyl groups is 1. The lowest BCUT2D eigenvalue weighted by Gasteiger charge is -2.21. The first-order chi connectivity index (χ1) is 9.71. The molecule has 0 bridgehead atoms. The molecular weight excluding hydrogens is 296 g/mol. The van der Waals surface area contributed by atoms with Gasteiger partial charge in [0.2, 0.25) is 5.91 Å². The molecule has 0 radical (unpaired) electrons. The second-order valence-electron chi connectivity index (χ2n) is 5.25. The number of nitrogens with one attached hydrogen (secondary N) is 1. The van der Waals surface area contributed by atoms with Crippen LogP contribution in [0.25, 0.3) is 0 Å². The number of hydrogen-bond donors (Lipinski definition) is 3. The summed E-state index contributed by atoms with van der Waals surface area (Å²) in [4.78, 5) is 22.3. The molecule has 0 saturated carbocycles. The minimum atomic E-state index is -1.47. The van der Waals surface area contributed by atoms with E-state index in [1.807, 2.05) is 18.4 Å². The van der Waals surface area contributed by atoms with Gasteiger partial charge in [0.1, 0.15) is 6.33 Å². The quantitative estimate of drug-likeness (QED) is 0.590. The average Bonchev–Trinajstić information content (AvgIpc) is 2.80. The summed E-state index contributed by atoms with van der Waals surface area (Å²) in [5.74, 6) is -1.30. The van der Waals surface area contributed by atoms with Crippen molar-refractivity contribution in [2.45, 2.75) is 44.0 Å². The summed E-state index contributed by atoms with van der Waals surface area (Å²) < 4.78 is 1.85. The molecule has 0 aliphatic heterocycles. The van der Waals surface area contributed by atoms with Crippen molar-refractivity contribution in [3.63, 3.8) is 0 Å². The zero-order valence-electron chi connectivity index (χ0n) is 12.2. The number of rotatable bonds is 8. The molecule has 1 aromatic rings. The van der Waals surface area contributed by atoms with Crippen molar-refractivity contribution in [2.75, 3.05) is 12.3 Å². The van der Waals surface area contributed by atoms with Crippen molar-refractivity contribution in [3.05, 3.63) is 6.33 Å². The zero-order valence-corrected chi connectivity index (χ0v) is 13.1. The predicted octanol–water partition coefficient (Wildman–Crippen LogP) is 0.293. The van der Waals surface area contributed by atoms with Gasteiger partial charge in [-0.1, -0.05) is 11.8 Å². The molecule has 9 heteroatoms. The highest BCUT2D eigenvalue weighted by atomic mass is 32.2. The van der Waals surface area contributed by atoms with Gasteiger partial charge >= 0.3 is 5.97 Å². The van der Waals surface area contributed by atoms with Gasteiger partial charge in [-0.05, 0) is 20.8 Å². The van der Waals surface area contributed by atoms with Crippen molar-refractivity contribution in [3.8, 4) is 0 Å². The molecule has 0 aromatic carbocycles. The van der Waals surface area contributed by atoms with Crippen molar-refractivity contribution >= 4 is 23.6 Å². The molecule has 118 valence electrons. The Morgan fingerprint density at radius 1 is 1.52 bits per heavy atom. The molecule has 1 unspecified atom stereocenters. The predicted molar refractivity (Wildman–Crippen MR) is 77.0 cm³/mol. The monoisotopic (exact) mass is 316 g/mol. The van der Waals surface area contributed by atoms with Crippen molar-refractivity contribution in [1.29, 1.82) is 0 Å². The minimum Gasteiger partial charge on any atom is -0.481 e. The summed E-state index contributed by atoms with van der Waals surface area (Å²) in [6.07, 6.45) is 1.17. The lowest BCUT2D eigenvalue weighted by atomic mass is 10.0. The Kier molecular flexibility index (Phi) is 6.16. The smallest absolute Gasteiger partial charge is 0.306 e. The van der Waals surface area contributed by atoms with Crippen LogP contribution in [0.2, 0.25) is 0 Å². The summed E-state index contributed by atoms with van der Waals surface area (Å²) in [5, 5.41) is 29.3. The highest BCUT2D eigenvalue weighted by Gasteiger charge is 2.24. The van der Waals surface area contributed by atoms with E-state index in [-0.39, 0.29) is 24.2 Å². The van der Waals surface area contributed by atoms with E-state index < -0.39 is 18.0 Å². The maximum atomic E-state index is 11.7. The number of nitrogens with zero attached hydrogens (tertiary/aromatic N) is 3. The molecule has 1 heterocycles. The van der Waals surface area contributed by atoms with Crippen LogP contribution in [0.15, 0.2) is 11.5 Å². The van der Waals surface area contributed by atoms with Crippen LogP contribution in [-0.2, 0) is 9.59 Å². The third kappa shape index (κ3) is 6.13. The summed E-state index contributed by atoms with van der Waals surface area (Å²) in [7, 11) is 0. The Hall–Kier alpha value is -1.61. The first-order valence-corrected chi connectivity index (χ1v) is 7.43. The van der Waals surface area contributed by atoms with Crippen LogP contribution in [-0.4, -0.2) is 54.8 Å². The van der Waals surface area contributed by atoms with E-state index >= 15 is 0 Å². The summed E-state index contributed by atoms with van der Waals surface area (Å²) >= 11 is 1.23. The SMILES string of the molecule is CC(C)n1cnnc1SCC(=O)NCC(C)(O)CC(=O)O. The number of amides is 1. The fraction of sp³-hybridized carbons (Fsp3) is 0.667. The van der Waals surface area contributed by atoms with Gasteiger partial charge in [0.05, 0.1) is 17.8 Å². The van der Waals surface area contributed by atoms with Crippen LogP contribution in [0.1, 0.15) is 33.2 Å². The molecule has 0 spiro atoms. The molecular formula is C12H20N4O4S. The van der Waals surface area contributed by atoms with Crippen molar-refractivity contribution in [2.24, 2.45) is 0 Å². The number of carbonyl (C=O) groups is 2. The van der Waals surface area contributed by atoms with E-state index in [1.54, 1.807) is 6.33 Å². The van der Waals surface area contributed by atoms with Gasteiger partial charge in [0.25, 0.3) is 0 Å². The zero-order chi connectivity index (χ0) is 16.0. The molecule has 0 aliphatic carbocycles.